The summed E-state index contributed by atoms with van der Waals surface area (Å²) in [6, 6.07) is 0. The van der Waals surface area contributed by atoms with Crippen LogP contribution in [0.5, 0.6) is 0 Å². The molecule has 2 heteroatoms. The number of hydrogen-bond acceptors (Lipinski definition) is 2. The summed E-state index contributed by atoms with van der Waals surface area (Å²) in [5.74, 6) is 0. The summed E-state index contributed by atoms with van der Waals surface area (Å²) < 4.78 is 5.40. The van der Waals surface area contributed by atoms with Gasteiger partial charge in [-0.05, 0) is 32.2 Å². The molecule has 1 aliphatic rings. The van der Waals surface area contributed by atoms with Gasteiger partial charge in [-0.15, -0.1) is 0 Å². The van der Waals surface area contributed by atoms with Crippen molar-refractivity contribution in [2.24, 2.45) is 5.73 Å². The molecule has 2 N–H and O–H groups in total. The van der Waals surface area contributed by atoms with Crippen molar-refractivity contribution in [1.29, 1.82) is 0 Å². The van der Waals surface area contributed by atoms with Crippen molar-refractivity contribution < 1.29 is 4.74 Å². The maximum Gasteiger partial charge on any atom is 0.0577 e. The fourth-order valence-electron chi connectivity index (χ4n) is 0.731. The van der Waals surface area contributed by atoms with Crippen LogP contribution in [-0.2, 0) is 4.74 Å². The van der Waals surface area contributed by atoms with E-state index >= 15 is 0 Å². The van der Waals surface area contributed by atoms with Gasteiger partial charge in [0.2, 0.25) is 0 Å². The van der Waals surface area contributed by atoms with Gasteiger partial charge in [0.05, 0.1) is 6.10 Å². The van der Waals surface area contributed by atoms with Crippen molar-refractivity contribution in [3.63, 3.8) is 0 Å². The van der Waals surface area contributed by atoms with Crippen molar-refractivity contribution in [2.45, 2.75) is 31.8 Å². The molecule has 0 atom stereocenters. The van der Waals surface area contributed by atoms with E-state index in [0.29, 0.717) is 6.10 Å². The van der Waals surface area contributed by atoms with Crippen LogP contribution in [0.3, 0.4) is 0 Å². The Bertz CT molecular complexity index is 71.3. The van der Waals surface area contributed by atoms with Crippen molar-refractivity contribution in [3.05, 3.63) is 0 Å². The van der Waals surface area contributed by atoms with E-state index in [1.807, 2.05) is 0 Å². The van der Waals surface area contributed by atoms with Gasteiger partial charge in [-0.2, -0.15) is 0 Å². The highest BCUT2D eigenvalue weighted by Gasteiger charge is 2.21. The van der Waals surface area contributed by atoms with Gasteiger partial charge in [-0.25, -0.2) is 0 Å². The Morgan fingerprint density at radius 1 is 1.33 bits per heavy atom. The number of ether oxygens (including phenoxy) is 1. The van der Waals surface area contributed by atoms with Crippen LogP contribution in [0.2, 0.25) is 0 Å². The van der Waals surface area contributed by atoms with Gasteiger partial charge in [0, 0.05) is 6.61 Å². The van der Waals surface area contributed by atoms with Gasteiger partial charge in [-0.1, -0.05) is 0 Å². The summed E-state index contributed by atoms with van der Waals surface area (Å²) in [4.78, 5) is 0. The SMILES string of the molecule is NCCCCOC1CC1. The lowest BCUT2D eigenvalue weighted by Gasteiger charge is -1.98. The first kappa shape index (κ1) is 7.03. The van der Waals surface area contributed by atoms with E-state index in [9.17, 15) is 0 Å². The lowest BCUT2D eigenvalue weighted by Crippen LogP contribution is -2.02. The van der Waals surface area contributed by atoms with E-state index in [1.54, 1.807) is 0 Å². The predicted octanol–water partition coefficient (Wildman–Crippen LogP) is 0.904. The summed E-state index contributed by atoms with van der Waals surface area (Å²) in [6.07, 6.45) is 5.41. The molecule has 2 nitrogen and oxygen atoms in total. The normalized spacial score (nSPS) is 18.3. The molecular formula is C7H15NO. The van der Waals surface area contributed by atoms with Gasteiger partial charge in [0.25, 0.3) is 0 Å². The minimum absolute atomic E-state index is 0.614. The summed E-state index contributed by atoms with van der Waals surface area (Å²) in [6.45, 7) is 1.72. The monoisotopic (exact) mass is 129 g/mol. The smallest absolute Gasteiger partial charge is 0.0577 e. The minimum atomic E-state index is 0.614. The zero-order valence-corrected chi connectivity index (χ0v) is 5.81. The van der Waals surface area contributed by atoms with E-state index < -0.39 is 0 Å². The second kappa shape index (κ2) is 3.85. The molecule has 0 spiro atoms. The van der Waals surface area contributed by atoms with E-state index in [4.69, 9.17) is 10.5 Å². The predicted molar refractivity (Wildman–Crippen MR) is 37.3 cm³/mol. The highest BCUT2D eigenvalue weighted by molar-refractivity contribution is 4.72. The molecule has 0 bridgehead atoms. The Labute approximate surface area is 56.4 Å². The molecule has 0 aromatic carbocycles. The summed E-state index contributed by atoms with van der Waals surface area (Å²) in [7, 11) is 0. The summed E-state index contributed by atoms with van der Waals surface area (Å²) in [5, 5.41) is 0. The number of hydrogen-bond donors (Lipinski definition) is 1. The molecule has 0 radical (unpaired) electrons. The van der Waals surface area contributed by atoms with Gasteiger partial charge < -0.3 is 10.5 Å². The van der Waals surface area contributed by atoms with Gasteiger partial charge in [0.1, 0.15) is 0 Å². The van der Waals surface area contributed by atoms with Crippen LogP contribution in [-0.4, -0.2) is 19.3 Å². The maximum absolute atomic E-state index is 5.40. The third-order valence-electron chi connectivity index (χ3n) is 1.48. The van der Waals surface area contributed by atoms with Crippen LogP contribution in [0, 0.1) is 0 Å². The van der Waals surface area contributed by atoms with Crippen LogP contribution in [0.25, 0.3) is 0 Å². The average molecular weight is 129 g/mol. The minimum Gasteiger partial charge on any atom is -0.378 e. The van der Waals surface area contributed by atoms with E-state index in [1.165, 1.54) is 12.8 Å². The molecule has 0 amide bonds. The molecule has 0 aromatic rings. The van der Waals surface area contributed by atoms with E-state index in [0.717, 1.165) is 26.0 Å². The van der Waals surface area contributed by atoms with Gasteiger partial charge in [0.15, 0.2) is 0 Å². The molecule has 1 aliphatic carbocycles. The molecule has 1 fully saturated rings. The molecule has 0 saturated heterocycles. The summed E-state index contributed by atoms with van der Waals surface area (Å²) in [5.41, 5.74) is 5.31. The topological polar surface area (TPSA) is 35.2 Å². The highest BCUT2D eigenvalue weighted by atomic mass is 16.5. The molecule has 0 aliphatic heterocycles. The molecule has 1 rings (SSSR count). The quantitative estimate of drug-likeness (QED) is 0.560. The van der Waals surface area contributed by atoms with Crippen LogP contribution >= 0.6 is 0 Å². The lowest BCUT2D eigenvalue weighted by molar-refractivity contribution is 0.116. The number of unbranched alkanes of at least 4 members (excludes halogenated alkanes) is 1. The average Bonchev–Trinajstić information content (AvgIpc) is 2.63. The molecule has 0 unspecified atom stereocenters. The largest absolute Gasteiger partial charge is 0.378 e. The second-order valence-corrected chi connectivity index (χ2v) is 2.57. The zero-order chi connectivity index (χ0) is 6.53. The van der Waals surface area contributed by atoms with Gasteiger partial charge >= 0.3 is 0 Å². The van der Waals surface area contributed by atoms with Crippen LogP contribution in [0.4, 0.5) is 0 Å². The van der Waals surface area contributed by atoms with Crippen LogP contribution < -0.4 is 5.73 Å². The first-order valence-corrected chi connectivity index (χ1v) is 3.75. The molecule has 1 saturated carbocycles. The first-order valence-electron chi connectivity index (χ1n) is 3.75. The Morgan fingerprint density at radius 3 is 2.67 bits per heavy atom. The molecule has 54 valence electrons. The third kappa shape index (κ3) is 3.49. The molecular weight excluding hydrogens is 114 g/mol. The Hall–Kier alpha value is -0.0800. The first-order chi connectivity index (χ1) is 4.43. The van der Waals surface area contributed by atoms with Gasteiger partial charge in [-0.3, -0.25) is 0 Å². The van der Waals surface area contributed by atoms with Crippen molar-refractivity contribution in [1.82, 2.24) is 0 Å². The summed E-state index contributed by atoms with van der Waals surface area (Å²) >= 11 is 0. The zero-order valence-electron chi connectivity index (χ0n) is 5.81. The van der Waals surface area contributed by atoms with Crippen molar-refractivity contribution in [3.8, 4) is 0 Å². The fraction of sp³-hybridized carbons (Fsp3) is 1.00. The van der Waals surface area contributed by atoms with Crippen molar-refractivity contribution in [2.75, 3.05) is 13.2 Å². The maximum atomic E-state index is 5.40. The molecule has 9 heavy (non-hydrogen) atoms. The lowest BCUT2D eigenvalue weighted by atomic mass is 10.3. The van der Waals surface area contributed by atoms with E-state index in [-0.39, 0.29) is 0 Å². The Morgan fingerprint density at radius 2 is 2.11 bits per heavy atom. The van der Waals surface area contributed by atoms with E-state index in [2.05, 4.69) is 0 Å². The highest BCUT2D eigenvalue weighted by Crippen LogP contribution is 2.23. The fourth-order valence-corrected chi connectivity index (χ4v) is 0.731. The Balaban J connectivity index is 1.71. The number of rotatable bonds is 5. The Kier molecular flexibility index (Phi) is 3.01. The molecule has 0 aromatic heterocycles. The second-order valence-electron chi connectivity index (χ2n) is 2.57. The standard InChI is InChI=1S/C7H15NO/c8-5-1-2-6-9-7-3-4-7/h7H,1-6,8H2. The van der Waals surface area contributed by atoms with Crippen LogP contribution in [0.15, 0.2) is 0 Å². The van der Waals surface area contributed by atoms with Crippen LogP contribution in [0.1, 0.15) is 25.7 Å². The third-order valence-corrected chi connectivity index (χ3v) is 1.48. The van der Waals surface area contributed by atoms with Crippen molar-refractivity contribution >= 4 is 0 Å². The molecule has 0 heterocycles. The number of nitrogens with two attached hydrogens (primary N) is 1.